The summed E-state index contributed by atoms with van der Waals surface area (Å²) in [6.07, 6.45) is 2.51. The molecule has 156 valence electrons. The average Bonchev–Trinajstić information content (AvgIpc) is 2.98. The predicted molar refractivity (Wildman–Crippen MR) is 112 cm³/mol. The first kappa shape index (κ1) is 19.9. The van der Waals surface area contributed by atoms with Gasteiger partial charge in [0, 0.05) is 19.2 Å². The molecule has 4 rings (SSSR count). The van der Waals surface area contributed by atoms with Gasteiger partial charge in [0.25, 0.3) is 5.56 Å². The van der Waals surface area contributed by atoms with E-state index in [9.17, 15) is 9.59 Å². The fourth-order valence-electron chi connectivity index (χ4n) is 3.29. The number of hydrogen-bond acceptors (Lipinski definition) is 6. The van der Waals surface area contributed by atoms with E-state index in [-0.39, 0.29) is 17.9 Å². The number of carbonyl (C=O) groups is 1. The van der Waals surface area contributed by atoms with Crippen molar-refractivity contribution >= 4 is 22.5 Å². The largest absolute Gasteiger partial charge is 0.490 e. The molecule has 3 aromatic rings. The number of rotatable bonds is 6. The van der Waals surface area contributed by atoms with Gasteiger partial charge < -0.3 is 19.5 Å². The van der Waals surface area contributed by atoms with Gasteiger partial charge in [-0.2, -0.15) is 0 Å². The van der Waals surface area contributed by atoms with E-state index in [4.69, 9.17) is 14.2 Å². The Morgan fingerprint density at radius 1 is 1.17 bits per heavy atom. The summed E-state index contributed by atoms with van der Waals surface area (Å²) in [5, 5.41) is 3.30. The van der Waals surface area contributed by atoms with Crippen molar-refractivity contribution in [2.75, 3.05) is 32.2 Å². The number of nitrogens with zero attached hydrogens (tertiary/aromatic N) is 2. The molecule has 0 atom stereocenters. The van der Waals surface area contributed by atoms with Crippen molar-refractivity contribution in [2.24, 2.45) is 0 Å². The van der Waals surface area contributed by atoms with Gasteiger partial charge in [0.15, 0.2) is 11.5 Å². The van der Waals surface area contributed by atoms with E-state index >= 15 is 0 Å². The maximum absolute atomic E-state index is 12.7. The second-order valence-corrected chi connectivity index (χ2v) is 7.02. The molecule has 0 radical (unpaired) electrons. The monoisotopic (exact) mass is 409 g/mol. The maximum atomic E-state index is 12.7. The zero-order chi connectivity index (χ0) is 20.9. The van der Waals surface area contributed by atoms with Crippen LogP contribution in [0.1, 0.15) is 12.0 Å². The van der Waals surface area contributed by atoms with Crippen LogP contribution >= 0.6 is 0 Å². The fraction of sp³-hybridized carbons (Fsp3) is 0.318. The molecule has 0 fully saturated rings. The third-order valence-electron chi connectivity index (χ3n) is 4.82. The van der Waals surface area contributed by atoms with E-state index in [0.717, 1.165) is 12.0 Å². The Kier molecular flexibility index (Phi) is 5.94. The molecule has 1 aliphatic rings. The minimum atomic E-state index is -0.188. The highest BCUT2D eigenvalue weighted by atomic mass is 16.5. The van der Waals surface area contributed by atoms with Crippen molar-refractivity contribution in [3.8, 4) is 11.5 Å². The minimum Gasteiger partial charge on any atom is -0.490 e. The minimum absolute atomic E-state index is 0.170. The molecule has 0 saturated carbocycles. The van der Waals surface area contributed by atoms with Crippen LogP contribution in [0.3, 0.4) is 0 Å². The van der Waals surface area contributed by atoms with Gasteiger partial charge in [-0.25, -0.2) is 4.98 Å². The van der Waals surface area contributed by atoms with Crippen LogP contribution in [-0.2, 0) is 22.5 Å². The number of amides is 1. The first-order valence-corrected chi connectivity index (χ1v) is 9.80. The van der Waals surface area contributed by atoms with Gasteiger partial charge >= 0.3 is 0 Å². The molecular weight excluding hydrogens is 386 g/mol. The van der Waals surface area contributed by atoms with Crippen molar-refractivity contribution in [3.63, 3.8) is 0 Å². The second-order valence-electron chi connectivity index (χ2n) is 7.02. The van der Waals surface area contributed by atoms with Gasteiger partial charge in [0.1, 0.15) is 0 Å². The Morgan fingerprint density at radius 3 is 2.83 bits per heavy atom. The summed E-state index contributed by atoms with van der Waals surface area (Å²) in [5.41, 5.74) is 1.77. The Hall–Kier alpha value is -3.39. The summed E-state index contributed by atoms with van der Waals surface area (Å²) < 4.78 is 17.8. The quantitative estimate of drug-likeness (QED) is 0.672. The Bertz CT molecular complexity index is 1130. The van der Waals surface area contributed by atoms with E-state index in [2.05, 4.69) is 10.3 Å². The molecule has 1 aliphatic heterocycles. The zero-order valence-electron chi connectivity index (χ0n) is 16.7. The number of nitrogens with one attached hydrogen (secondary N) is 1. The van der Waals surface area contributed by atoms with Crippen LogP contribution in [0.5, 0.6) is 11.5 Å². The maximum Gasteiger partial charge on any atom is 0.261 e. The van der Waals surface area contributed by atoms with Crippen LogP contribution in [0.4, 0.5) is 5.69 Å². The fourth-order valence-corrected chi connectivity index (χ4v) is 3.29. The van der Waals surface area contributed by atoms with Crippen LogP contribution in [0, 0.1) is 0 Å². The highest BCUT2D eigenvalue weighted by molar-refractivity contribution is 5.94. The van der Waals surface area contributed by atoms with E-state index in [0.29, 0.717) is 54.5 Å². The molecular formula is C22H23N3O5. The van der Waals surface area contributed by atoms with Crippen LogP contribution in [0.15, 0.2) is 47.5 Å². The molecule has 1 amide bonds. The van der Waals surface area contributed by atoms with Crippen molar-refractivity contribution < 1.29 is 19.0 Å². The summed E-state index contributed by atoms with van der Waals surface area (Å²) in [7, 11) is 1.58. The van der Waals surface area contributed by atoms with Gasteiger partial charge in [-0.1, -0.05) is 6.07 Å². The normalized spacial score (nSPS) is 13.1. The van der Waals surface area contributed by atoms with Crippen LogP contribution in [0.2, 0.25) is 0 Å². The Balaban J connectivity index is 1.49. The number of benzene rings is 2. The first-order valence-electron chi connectivity index (χ1n) is 9.80. The summed E-state index contributed by atoms with van der Waals surface area (Å²) >= 11 is 0. The Morgan fingerprint density at radius 2 is 2.00 bits per heavy atom. The zero-order valence-corrected chi connectivity index (χ0v) is 16.7. The lowest BCUT2D eigenvalue weighted by atomic mass is 10.1. The van der Waals surface area contributed by atoms with E-state index in [1.807, 2.05) is 18.2 Å². The molecule has 8 nitrogen and oxygen atoms in total. The van der Waals surface area contributed by atoms with Crippen LogP contribution < -0.4 is 20.3 Å². The summed E-state index contributed by atoms with van der Waals surface area (Å²) in [5.74, 6) is 1.17. The van der Waals surface area contributed by atoms with E-state index < -0.39 is 0 Å². The van der Waals surface area contributed by atoms with E-state index in [1.165, 1.54) is 10.9 Å². The molecule has 0 aliphatic carbocycles. The first-order chi connectivity index (χ1) is 14.6. The van der Waals surface area contributed by atoms with Gasteiger partial charge in [-0.05, 0) is 35.9 Å². The summed E-state index contributed by atoms with van der Waals surface area (Å²) in [4.78, 5) is 29.5. The molecule has 1 N–H and O–H groups in total. The second kappa shape index (κ2) is 8.96. The number of anilines is 1. The molecule has 30 heavy (non-hydrogen) atoms. The third-order valence-corrected chi connectivity index (χ3v) is 4.82. The number of ether oxygens (including phenoxy) is 3. The summed E-state index contributed by atoms with van der Waals surface area (Å²) in [6, 6.07) is 10.6. The molecule has 2 aromatic carbocycles. The topological polar surface area (TPSA) is 91.7 Å². The average molecular weight is 409 g/mol. The SMILES string of the molecule is COCCn1cnc2ccc(NC(=O)Cc3ccc4c(c3)OCCCO4)cc2c1=O. The van der Waals surface area contributed by atoms with Gasteiger partial charge in [0.05, 0.1) is 50.0 Å². The van der Waals surface area contributed by atoms with E-state index in [1.54, 1.807) is 25.3 Å². The lowest BCUT2D eigenvalue weighted by Gasteiger charge is -2.10. The molecule has 0 spiro atoms. The van der Waals surface area contributed by atoms with Crippen molar-refractivity contribution in [1.29, 1.82) is 0 Å². The number of methoxy groups -OCH3 is 1. The number of hydrogen-bond donors (Lipinski definition) is 1. The van der Waals surface area contributed by atoms with Crippen LogP contribution in [0.25, 0.3) is 10.9 Å². The summed E-state index contributed by atoms with van der Waals surface area (Å²) in [6.45, 7) is 2.05. The highest BCUT2D eigenvalue weighted by Crippen LogP contribution is 2.30. The lowest BCUT2D eigenvalue weighted by molar-refractivity contribution is -0.115. The van der Waals surface area contributed by atoms with Crippen LogP contribution in [-0.4, -0.2) is 42.4 Å². The molecule has 0 unspecified atom stereocenters. The van der Waals surface area contributed by atoms with Crippen molar-refractivity contribution in [1.82, 2.24) is 9.55 Å². The molecule has 2 heterocycles. The smallest absolute Gasteiger partial charge is 0.261 e. The molecule has 1 aromatic heterocycles. The number of carbonyl (C=O) groups excluding carboxylic acids is 1. The molecule has 8 heteroatoms. The molecule has 0 saturated heterocycles. The number of fused-ring (bicyclic) bond motifs is 2. The van der Waals surface area contributed by atoms with Gasteiger partial charge in [-0.15, -0.1) is 0 Å². The Labute approximate surface area is 173 Å². The van der Waals surface area contributed by atoms with Crippen molar-refractivity contribution in [3.05, 3.63) is 58.6 Å². The standard InChI is InChI=1S/C22H23N3O5/c1-28-10-7-25-14-23-18-5-4-16(13-17(18)22(25)27)24-21(26)12-15-3-6-19-20(11-15)30-9-2-8-29-19/h3-6,11,13-14H,2,7-10,12H2,1H3,(H,24,26). The highest BCUT2D eigenvalue weighted by Gasteiger charge is 2.13. The predicted octanol–water partition coefficient (Wildman–Crippen LogP) is 2.39. The van der Waals surface area contributed by atoms with Gasteiger partial charge in [0.2, 0.25) is 5.91 Å². The van der Waals surface area contributed by atoms with Gasteiger partial charge in [-0.3, -0.25) is 14.2 Å². The molecule has 0 bridgehead atoms. The van der Waals surface area contributed by atoms with Crippen molar-refractivity contribution in [2.45, 2.75) is 19.4 Å². The lowest BCUT2D eigenvalue weighted by Crippen LogP contribution is -2.23. The third kappa shape index (κ3) is 4.44. The number of aromatic nitrogens is 2.